The fraction of sp³-hybridized carbons (Fsp3) is 0.250. The molecule has 3 heterocycles. The van der Waals surface area contributed by atoms with Crippen molar-refractivity contribution in [2.24, 2.45) is 0 Å². The zero-order valence-electron chi connectivity index (χ0n) is 11.0. The van der Waals surface area contributed by atoms with Gasteiger partial charge in [0.2, 0.25) is 0 Å². The normalized spacial score (nSPS) is 15.3. The minimum absolute atomic E-state index is 0.970. The lowest BCUT2D eigenvalue weighted by Crippen LogP contribution is -2.17. The van der Waals surface area contributed by atoms with E-state index >= 15 is 0 Å². The zero-order chi connectivity index (χ0) is 13.5. The van der Waals surface area contributed by atoms with Gasteiger partial charge >= 0.3 is 0 Å². The SMILES string of the molecule is Brc1ccnc2c1ccc1c(N3CCCC3)ccnc12. The second kappa shape index (κ2) is 4.70. The quantitative estimate of drug-likeness (QED) is 0.629. The molecule has 4 heteroatoms. The van der Waals surface area contributed by atoms with Crippen LogP contribution in [-0.2, 0) is 0 Å². The molecule has 0 unspecified atom stereocenters. The fourth-order valence-electron chi connectivity index (χ4n) is 3.01. The molecule has 0 aliphatic carbocycles. The van der Waals surface area contributed by atoms with Gasteiger partial charge in [0, 0.05) is 46.4 Å². The summed E-state index contributed by atoms with van der Waals surface area (Å²) >= 11 is 3.59. The molecule has 20 heavy (non-hydrogen) atoms. The molecule has 4 rings (SSSR count). The van der Waals surface area contributed by atoms with Crippen LogP contribution in [0.25, 0.3) is 21.8 Å². The molecule has 0 atom stereocenters. The van der Waals surface area contributed by atoms with E-state index in [0.29, 0.717) is 0 Å². The van der Waals surface area contributed by atoms with E-state index in [2.05, 4.69) is 49.0 Å². The number of benzene rings is 1. The third-order valence-electron chi connectivity index (χ3n) is 3.99. The topological polar surface area (TPSA) is 29.0 Å². The summed E-state index contributed by atoms with van der Waals surface area (Å²) in [5, 5.41) is 2.32. The lowest BCUT2D eigenvalue weighted by atomic mass is 10.1. The van der Waals surface area contributed by atoms with Crippen LogP contribution >= 0.6 is 15.9 Å². The summed E-state index contributed by atoms with van der Waals surface area (Å²) in [6, 6.07) is 8.40. The first kappa shape index (κ1) is 12.1. The lowest BCUT2D eigenvalue weighted by Gasteiger charge is -2.19. The van der Waals surface area contributed by atoms with Crippen LogP contribution in [-0.4, -0.2) is 23.1 Å². The summed E-state index contributed by atoms with van der Waals surface area (Å²) in [5.74, 6) is 0. The van der Waals surface area contributed by atoms with Gasteiger partial charge in [0.1, 0.15) is 0 Å². The van der Waals surface area contributed by atoms with Crippen molar-refractivity contribution in [2.45, 2.75) is 12.8 Å². The Bertz CT molecular complexity index is 794. The number of anilines is 1. The first-order chi connectivity index (χ1) is 9.84. The Kier molecular flexibility index (Phi) is 2.84. The molecule has 0 bridgehead atoms. The van der Waals surface area contributed by atoms with Crippen LogP contribution in [0.2, 0.25) is 0 Å². The number of fused-ring (bicyclic) bond motifs is 3. The number of hydrogen-bond donors (Lipinski definition) is 0. The number of pyridine rings is 2. The Morgan fingerprint density at radius 1 is 0.850 bits per heavy atom. The predicted molar refractivity (Wildman–Crippen MR) is 86.2 cm³/mol. The summed E-state index contributed by atoms with van der Waals surface area (Å²) in [5.41, 5.74) is 3.25. The maximum atomic E-state index is 4.57. The van der Waals surface area contributed by atoms with Crippen LogP contribution in [0, 0.1) is 0 Å². The van der Waals surface area contributed by atoms with Crippen LogP contribution in [0.1, 0.15) is 12.8 Å². The Morgan fingerprint density at radius 2 is 1.50 bits per heavy atom. The second-order valence-electron chi connectivity index (χ2n) is 5.17. The van der Waals surface area contributed by atoms with Crippen molar-refractivity contribution in [3.05, 3.63) is 41.1 Å². The van der Waals surface area contributed by atoms with Gasteiger partial charge in [-0.25, -0.2) is 0 Å². The highest BCUT2D eigenvalue weighted by Crippen LogP contribution is 2.33. The first-order valence-electron chi connectivity index (χ1n) is 6.91. The van der Waals surface area contributed by atoms with Gasteiger partial charge in [-0.15, -0.1) is 0 Å². The van der Waals surface area contributed by atoms with Crippen LogP contribution < -0.4 is 4.90 Å². The van der Waals surface area contributed by atoms with Crippen molar-refractivity contribution >= 4 is 43.4 Å². The van der Waals surface area contributed by atoms with E-state index < -0.39 is 0 Å². The van der Waals surface area contributed by atoms with Crippen LogP contribution in [0.15, 0.2) is 41.1 Å². The van der Waals surface area contributed by atoms with Gasteiger partial charge < -0.3 is 4.90 Å². The van der Waals surface area contributed by atoms with E-state index in [1.54, 1.807) is 0 Å². The van der Waals surface area contributed by atoms with Gasteiger partial charge in [0.25, 0.3) is 0 Å². The van der Waals surface area contributed by atoms with Crippen LogP contribution in [0.3, 0.4) is 0 Å². The van der Waals surface area contributed by atoms with Gasteiger partial charge in [-0.2, -0.15) is 0 Å². The van der Waals surface area contributed by atoms with Crippen LogP contribution in [0.4, 0.5) is 5.69 Å². The van der Waals surface area contributed by atoms with Crippen molar-refractivity contribution in [1.29, 1.82) is 0 Å². The summed E-state index contributed by atoms with van der Waals surface area (Å²) in [7, 11) is 0. The van der Waals surface area contributed by atoms with Crippen molar-refractivity contribution in [1.82, 2.24) is 9.97 Å². The van der Waals surface area contributed by atoms with Crippen molar-refractivity contribution in [3.8, 4) is 0 Å². The predicted octanol–water partition coefficient (Wildman–Crippen LogP) is 4.15. The average molecular weight is 328 g/mol. The minimum atomic E-state index is 0.970. The monoisotopic (exact) mass is 327 g/mol. The molecule has 0 amide bonds. The molecule has 2 aromatic heterocycles. The van der Waals surface area contributed by atoms with Crippen molar-refractivity contribution in [2.75, 3.05) is 18.0 Å². The highest BCUT2D eigenvalue weighted by molar-refractivity contribution is 9.10. The van der Waals surface area contributed by atoms with Gasteiger partial charge in [-0.1, -0.05) is 22.0 Å². The third-order valence-corrected chi connectivity index (χ3v) is 4.68. The summed E-state index contributed by atoms with van der Waals surface area (Å²) in [6.07, 6.45) is 6.29. The van der Waals surface area contributed by atoms with Gasteiger partial charge in [0.15, 0.2) is 0 Å². The molecule has 100 valence electrons. The molecule has 1 aliphatic heterocycles. The largest absolute Gasteiger partial charge is 0.371 e. The molecule has 3 aromatic rings. The minimum Gasteiger partial charge on any atom is -0.371 e. The van der Waals surface area contributed by atoms with Crippen LogP contribution in [0.5, 0.6) is 0 Å². The van der Waals surface area contributed by atoms with E-state index in [1.165, 1.54) is 23.9 Å². The Balaban J connectivity index is 2.04. The van der Waals surface area contributed by atoms with Gasteiger partial charge in [-0.3, -0.25) is 9.97 Å². The number of halogens is 1. The number of hydrogen-bond acceptors (Lipinski definition) is 3. The molecule has 1 fully saturated rings. The maximum Gasteiger partial charge on any atom is 0.0985 e. The molecule has 1 aliphatic rings. The van der Waals surface area contributed by atoms with E-state index in [-0.39, 0.29) is 0 Å². The molecular weight excluding hydrogens is 314 g/mol. The first-order valence-corrected chi connectivity index (χ1v) is 7.71. The Hall–Kier alpha value is -1.68. The molecule has 1 saturated heterocycles. The number of nitrogens with zero attached hydrogens (tertiary/aromatic N) is 3. The van der Waals surface area contributed by atoms with E-state index in [4.69, 9.17) is 0 Å². The highest BCUT2D eigenvalue weighted by Gasteiger charge is 2.16. The Labute approximate surface area is 125 Å². The average Bonchev–Trinajstić information content (AvgIpc) is 3.01. The molecule has 0 N–H and O–H groups in total. The van der Waals surface area contributed by atoms with Gasteiger partial charge in [0.05, 0.1) is 11.0 Å². The third kappa shape index (κ3) is 1.79. The summed E-state index contributed by atoms with van der Waals surface area (Å²) < 4.78 is 1.07. The van der Waals surface area contributed by atoms with E-state index in [1.807, 2.05) is 18.5 Å². The number of rotatable bonds is 1. The summed E-state index contributed by atoms with van der Waals surface area (Å²) in [6.45, 7) is 2.28. The Morgan fingerprint density at radius 3 is 2.30 bits per heavy atom. The molecular formula is C16H14BrN3. The van der Waals surface area contributed by atoms with Gasteiger partial charge in [-0.05, 0) is 31.0 Å². The zero-order valence-corrected chi connectivity index (χ0v) is 12.6. The fourth-order valence-corrected chi connectivity index (χ4v) is 3.45. The lowest BCUT2D eigenvalue weighted by molar-refractivity contribution is 0.949. The van der Waals surface area contributed by atoms with Crippen molar-refractivity contribution < 1.29 is 0 Å². The highest BCUT2D eigenvalue weighted by atomic mass is 79.9. The molecule has 1 aromatic carbocycles. The van der Waals surface area contributed by atoms with Crippen molar-refractivity contribution in [3.63, 3.8) is 0 Å². The number of aromatic nitrogens is 2. The maximum absolute atomic E-state index is 4.57. The molecule has 3 nitrogen and oxygen atoms in total. The summed E-state index contributed by atoms with van der Waals surface area (Å²) in [4.78, 5) is 11.6. The molecule has 0 saturated carbocycles. The second-order valence-corrected chi connectivity index (χ2v) is 6.03. The standard InChI is InChI=1S/C16H14BrN3/c17-13-5-7-18-15-11(13)3-4-12-14(6-8-19-16(12)15)20-9-1-2-10-20/h3-8H,1-2,9-10H2. The van der Waals surface area contributed by atoms with E-state index in [9.17, 15) is 0 Å². The smallest absolute Gasteiger partial charge is 0.0985 e. The molecule has 0 spiro atoms. The molecule has 0 radical (unpaired) electrons. The van der Waals surface area contributed by atoms with E-state index in [0.717, 1.165) is 34.0 Å².